The Bertz CT molecular complexity index is 624. The topological polar surface area (TPSA) is 87.3 Å². The first kappa shape index (κ1) is 15.9. The third-order valence-electron chi connectivity index (χ3n) is 3.32. The van der Waals surface area contributed by atoms with Gasteiger partial charge in [0.15, 0.2) is 0 Å². The monoisotopic (exact) mass is 311 g/mol. The molecule has 1 aromatic carbocycles. The summed E-state index contributed by atoms with van der Waals surface area (Å²) in [5.41, 5.74) is 1.15. The number of nitrogens with one attached hydrogen (secondary N) is 3. The minimum atomic E-state index is -3.54. The van der Waals surface area contributed by atoms with Gasteiger partial charge in [0.05, 0.1) is 4.90 Å². The largest absolute Gasteiger partial charge is 0.351 e. The molecule has 2 rings (SSSR count). The average Bonchev–Trinajstić information content (AvgIpc) is 3.22. The van der Waals surface area contributed by atoms with Crippen LogP contribution >= 0.6 is 0 Å². The molecule has 0 unspecified atom stereocenters. The molecule has 1 amide bonds. The zero-order chi connectivity index (χ0) is 15.5. The van der Waals surface area contributed by atoms with Gasteiger partial charge in [-0.2, -0.15) is 0 Å². The smallest absolute Gasteiger partial charge is 0.251 e. The highest BCUT2D eigenvalue weighted by Gasteiger charge is 2.28. The molecule has 1 aliphatic carbocycles. The van der Waals surface area contributed by atoms with Crippen molar-refractivity contribution >= 4 is 15.9 Å². The van der Waals surface area contributed by atoms with Crippen molar-refractivity contribution in [2.45, 2.75) is 30.7 Å². The zero-order valence-corrected chi connectivity index (χ0v) is 13.1. The Morgan fingerprint density at radius 3 is 2.62 bits per heavy atom. The van der Waals surface area contributed by atoms with Crippen LogP contribution in [-0.4, -0.2) is 40.5 Å². The van der Waals surface area contributed by atoms with Crippen LogP contribution in [0.3, 0.4) is 0 Å². The van der Waals surface area contributed by atoms with E-state index in [1.807, 2.05) is 0 Å². The number of benzene rings is 1. The molecule has 0 bridgehead atoms. The minimum Gasteiger partial charge on any atom is -0.351 e. The number of sulfonamides is 1. The van der Waals surface area contributed by atoms with Crippen molar-refractivity contribution in [1.29, 1.82) is 0 Å². The average molecular weight is 311 g/mol. The van der Waals surface area contributed by atoms with E-state index >= 15 is 0 Å². The lowest BCUT2D eigenvalue weighted by atomic mass is 10.1. The van der Waals surface area contributed by atoms with Gasteiger partial charge in [-0.3, -0.25) is 4.79 Å². The zero-order valence-electron chi connectivity index (χ0n) is 12.3. The summed E-state index contributed by atoms with van der Waals surface area (Å²) in [7, 11) is -1.74. The van der Waals surface area contributed by atoms with E-state index in [4.69, 9.17) is 0 Å². The van der Waals surface area contributed by atoms with E-state index in [-0.39, 0.29) is 16.8 Å². The van der Waals surface area contributed by atoms with Crippen LogP contribution in [0.15, 0.2) is 23.1 Å². The molecule has 21 heavy (non-hydrogen) atoms. The Morgan fingerprint density at radius 2 is 2.00 bits per heavy atom. The molecule has 1 aromatic rings. The highest BCUT2D eigenvalue weighted by molar-refractivity contribution is 7.89. The number of carbonyl (C=O) groups excluding carboxylic acids is 1. The van der Waals surface area contributed by atoms with Gasteiger partial charge in [0.2, 0.25) is 10.0 Å². The summed E-state index contributed by atoms with van der Waals surface area (Å²) in [6, 6.07) is 4.68. The molecule has 6 nitrogen and oxygen atoms in total. The summed E-state index contributed by atoms with van der Waals surface area (Å²) < 4.78 is 27.0. The van der Waals surface area contributed by atoms with Gasteiger partial charge in [0.25, 0.3) is 5.91 Å². The van der Waals surface area contributed by atoms with Gasteiger partial charge in [-0.05, 0) is 44.5 Å². The van der Waals surface area contributed by atoms with Gasteiger partial charge in [0.1, 0.15) is 0 Å². The molecule has 1 fully saturated rings. The van der Waals surface area contributed by atoms with E-state index in [0.717, 1.165) is 18.4 Å². The SMILES string of the molecule is CNCCNC(=O)c1cc(S(=O)(=O)NC2CC2)ccc1C. The second-order valence-corrected chi connectivity index (χ2v) is 6.95. The fraction of sp³-hybridized carbons (Fsp3) is 0.500. The van der Waals surface area contributed by atoms with Gasteiger partial charge < -0.3 is 10.6 Å². The maximum atomic E-state index is 12.2. The first-order chi connectivity index (χ1) is 9.94. The molecule has 0 aromatic heterocycles. The van der Waals surface area contributed by atoms with Gasteiger partial charge >= 0.3 is 0 Å². The van der Waals surface area contributed by atoms with Gasteiger partial charge in [-0.1, -0.05) is 6.07 Å². The number of amides is 1. The molecule has 116 valence electrons. The summed E-state index contributed by atoms with van der Waals surface area (Å²) in [6.45, 7) is 2.94. The molecule has 0 spiro atoms. The Morgan fingerprint density at radius 1 is 1.29 bits per heavy atom. The van der Waals surface area contributed by atoms with E-state index in [0.29, 0.717) is 18.7 Å². The Hall–Kier alpha value is -1.44. The summed E-state index contributed by atoms with van der Waals surface area (Å²) >= 11 is 0. The fourth-order valence-corrected chi connectivity index (χ4v) is 3.23. The highest BCUT2D eigenvalue weighted by Crippen LogP contribution is 2.23. The number of aryl methyl sites for hydroxylation is 1. The molecular formula is C14H21N3O3S. The molecule has 7 heteroatoms. The predicted octanol–water partition coefficient (Wildman–Crippen LogP) is 0.385. The van der Waals surface area contributed by atoms with Crippen LogP contribution in [0.25, 0.3) is 0 Å². The van der Waals surface area contributed by atoms with E-state index in [2.05, 4.69) is 15.4 Å². The molecule has 0 aliphatic heterocycles. The number of likely N-dealkylation sites (N-methyl/N-ethyl adjacent to an activating group) is 1. The van der Waals surface area contributed by atoms with Crippen molar-refractivity contribution in [2.75, 3.05) is 20.1 Å². The van der Waals surface area contributed by atoms with Crippen LogP contribution in [0.2, 0.25) is 0 Å². The molecular weight excluding hydrogens is 290 g/mol. The fourth-order valence-electron chi connectivity index (χ4n) is 1.90. The molecule has 0 saturated heterocycles. The van der Waals surface area contributed by atoms with Crippen molar-refractivity contribution < 1.29 is 13.2 Å². The van der Waals surface area contributed by atoms with Gasteiger partial charge in [-0.25, -0.2) is 13.1 Å². The van der Waals surface area contributed by atoms with Crippen LogP contribution in [0.4, 0.5) is 0 Å². The van der Waals surface area contributed by atoms with E-state index in [9.17, 15) is 13.2 Å². The van der Waals surface area contributed by atoms with Crippen LogP contribution in [0.1, 0.15) is 28.8 Å². The van der Waals surface area contributed by atoms with Gasteiger partial charge in [0, 0.05) is 24.7 Å². The minimum absolute atomic E-state index is 0.0456. The Labute approximate surface area is 125 Å². The van der Waals surface area contributed by atoms with Crippen molar-refractivity contribution in [3.63, 3.8) is 0 Å². The van der Waals surface area contributed by atoms with Crippen molar-refractivity contribution in [3.05, 3.63) is 29.3 Å². The predicted molar refractivity (Wildman–Crippen MR) is 80.8 cm³/mol. The quantitative estimate of drug-likeness (QED) is 0.636. The van der Waals surface area contributed by atoms with Crippen LogP contribution in [0, 0.1) is 6.92 Å². The molecule has 0 radical (unpaired) electrons. The Kier molecular flexibility index (Phi) is 4.97. The molecule has 0 heterocycles. The highest BCUT2D eigenvalue weighted by atomic mass is 32.2. The first-order valence-corrected chi connectivity index (χ1v) is 8.48. The van der Waals surface area contributed by atoms with Crippen molar-refractivity contribution in [1.82, 2.24) is 15.4 Å². The maximum Gasteiger partial charge on any atom is 0.251 e. The van der Waals surface area contributed by atoms with Crippen LogP contribution < -0.4 is 15.4 Å². The summed E-state index contributed by atoms with van der Waals surface area (Å²) in [5, 5.41) is 5.69. The second-order valence-electron chi connectivity index (χ2n) is 5.23. The van der Waals surface area contributed by atoms with Crippen molar-refractivity contribution in [2.24, 2.45) is 0 Å². The van der Waals surface area contributed by atoms with Crippen LogP contribution in [0.5, 0.6) is 0 Å². The lowest BCUT2D eigenvalue weighted by molar-refractivity contribution is 0.0953. The Balaban J connectivity index is 2.18. The summed E-state index contributed by atoms with van der Waals surface area (Å²) in [6.07, 6.45) is 1.75. The number of carbonyl (C=O) groups is 1. The molecule has 3 N–H and O–H groups in total. The third kappa shape index (κ3) is 4.26. The van der Waals surface area contributed by atoms with E-state index < -0.39 is 10.0 Å². The number of rotatable bonds is 7. The molecule has 1 aliphatic rings. The summed E-state index contributed by atoms with van der Waals surface area (Å²) in [4.78, 5) is 12.2. The first-order valence-electron chi connectivity index (χ1n) is 7.00. The third-order valence-corrected chi connectivity index (χ3v) is 4.84. The van der Waals surface area contributed by atoms with Crippen molar-refractivity contribution in [3.8, 4) is 0 Å². The van der Waals surface area contributed by atoms with E-state index in [1.165, 1.54) is 12.1 Å². The number of hydrogen-bond donors (Lipinski definition) is 3. The lowest BCUT2D eigenvalue weighted by Gasteiger charge is -2.11. The summed E-state index contributed by atoms with van der Waals surface area (Å²) in [5.74, 6) is -0.258. The standard InChI is InChI=1S/C14H21N3O3S/c1-10-3-6-12(21(19,20)17-11-4-5-11)9-13(10)14(18)16-8-7-15-2/h3,6,9,11,15,17H,4-5,7-8H2,1-2H3,(H,16,18). The number of hydrogen-bond acceptors (Lipinski definition) is 4. The van der Waals surface area contributed by atoms with Crippen LogP contribution in [-0.2, 0) is 10.0 Å². The normalized spacial score (nSPS) is 15.0. The molecule has 1 saturated carbocycles. The lowest BCUT2D eigenvalue weighted by Crippen LogP contribution is -2.31. The maximum absolute atomic E-state index is 12.2. The van der Waals surface area contributed by atoms with E-state index in [1.54, 1.807) is 20.0 Å². The second kappa shape index (κ2) is 6.55. The van der Waals surface area contributed by atoms with Gasteiger partial charge in [-0.15, -0.1) is 0 Å². The molecule has 0 atom stereocenters.